The Morgan fingerprint density at radius 2 is 2.45 bits per heavy atom. The van der Waals surface area contributed by atoms with Crippen LogP contribution in [0.2, 0.25) is 0 Å². The van der Waals surface area contributed by atoms with Gasteiger partial charge in [-0.1, -0.05) is 13.0 Å². The van der Waals surface area contributed by atoms with Crippen LogP contribution in [0.3, 0.4) is 0 Å². The second-order valence-electron chi connectivity index (χ2n) is 5.84. The highest BCUT2D eigenvalue weighted by atomic mass is 32.1. The molecule has 0 aliphatic carbocycles. The van der Waals surface area contributed by atoms with Crippen molar-refractivity contribution in [3.05, 3.63) is 22.4 Å². The van der Waals surface area contributed by atoms with Gasteiger partial charge in [-0.15, -0.1) is 11.3 Å². The molecule has 3 rings (SSSR count). The van der Waals surface area contributed by atoms with Gasteiger partial charge in [-0.05, 0) is 37.6 Å². The van der Waals surface area contributed by atoms with Gasteiger partial charge in [0.25, 0.3) is 0 Å². The van der Waals surface area contributed by atoms with E-state index in [1.165, 1.54) is 4.88 Å². The maximum atomic E-state index is 12.8. The van der Waals surface area contributed by atoms with Gasteiger partial charge in [0.15, 0.2) is 0 Å². The molecule has 2 aliphatic rings. The van der Waals surface area contributed by atoms with E-state index in [-0.39, 0.29) is 18.2 Å². The third-order valence-electron chi connectivity index (χ3n) is 4.44. The van der Waals surface area contributed by atoms with Gasteiger partial charge in [-0.2, -0.15) is 0 Å². The van der Waals surface area contributed by atoms with Crippen molar-refractivity contribution < 1.29 is 9.53 Å². The molecule has 0 bridgehead atoms. The second-order valence-corrected chi connectivity index (χ2v) is 6.82. The molecule has 110 valence electrons. The monoisotopic (exact) mass is 294 g/mol. The fourth-order valence-corrected chi connectivity index (χ4v) is 3.78. The van der Waals surface area contributed by atoms with Crippen LogP contribution in [0.4, 0.5) is 0 Å². The van der Waals surface area contributed by atoms with E-state index in [0.29, 0.717) is 6.54 Å². The van der Waals surface area contributed by atoms with Crippen LogP contribution in [0.15, 0.2) is 17.5 Å². The number of rotatable bonds is 4. The van der Waals surface area contributed by atoms with Gasteiger partial charge in [-0.25, -0.2) is 0 Å². The van der Waals surface area contributed by atoms with Crippen molar-refractivity contribution in [2.45, 2.75) is 50.9 Å². The minimum atomic E-state index is -0.451. The summed E-state index contributed by atoms with van der Waals surface area (Å²) in [7, 11) is 0. The lowest BCUT2D eigenvalue weighted by Crippen LogP contribution is -2.43. The molecule has 3 heterocycles. The van der Waals surface area contributed by atoms with E-state index in [1.807, 2.05) is 17.9 Å². The molecular weight excluding hydrogens is 272 g/mol. The fraction of sp³-hybridized carbons (Fsp3) is 0.667. The zero-order valence-corrected chi connectivity index (χ0v) is 12.9. The van der Waals surface area contributed by atoms with Crippen molar-refractivity contribution >= 4 is 17.2 Å². The van der Waals surface area contributed by atoms with E-state index in [2.05, 4.69) is 23.7 Å². The Bertz CT molecular complexity index is 470. The molecule has 1 N–H and O–H groups in total. The number of carbonyl (C=O) groups excluding carboxylic acids is 1. The average Bonchev–Trinajstić information content (AvgIpc) is 3.16. The van der Waals surface area contributed by atoms with E-state index < -0.39 is 5.54 Å². The standard InChI is InChI=1S/C15H22N2O2S/c1-3-15(2)14(18)17(10-11-6-4-8-19-11)13(16-15)12-7-5-9-20-12/h5,7,9,11,13,16H,3-4,6,8,10H2,1-2H3. The maximum absolute atomic E-state index is 12.8. The van der Waals surface area contributed by atoms with Gasteiger partial charge >= 0.3 is 0 Å². The number of ether oxygens (including phenoxy) is 1. The summed E-state index contributed by atoms with van der Waals surface area (Å²) in [5.41, 5.74) is -0.451. The Kier molecular flexibility index (Phi) is 3.84. The van der Waals surface area contributed by atoms with Crippen LogP contribution in [0.5, 0.6) is 0 Å². The first-order valence-electron chi connectivity index (χ1n) is 7.38. The molecule has 2 fully saturated rings. The Labute approximate surface area is 124 Å². The fourth-order valence-electron chi connectivity index (χ4n) is 3.00. The number of nitrogens with one attached hydrogen (secondary N) is 1. The quantitative estimate of drug-likeness (QED) is 0.928. The molecule has 1 amide bonds. The minimum Gasteiger partial charge on any atom is -0.376 e. The van der Waals surface area contributed by atoms with Crippen molar-refractivity contribution in [2.75, 3.05) is 13.2 Å². The zero-order valence-electron chi connectivity index (χ0n) is 12.1. The predicted molar refractivity (Wildman–Crippen MR) is 79.6 cm³/mol. The van der Waals surface area contributed by atoms with Gasteiger partial charge in [0.1, 0.15) is 6.17 Å². The molecule has 4 nitrogen and oxygen atoms in total. The molecule has 1 aromatic heterocycles. The summed E-state index contributed by atoms with van der Waals surface area (Å²) in [5.74, 6) is 0.203. The third-order valence-corrected chi connectivity index (χ3v) is 5.37. The van der Waals surface area contributed by atoms with Gasteiger partial charge in [0.05, 0.1) is 11.6 Å². The van der Waals surface area contributed by atoms with Gasteiger partial charge in [0.2, 0.25) is 5.91 Å². The highest BCUT2D eigenvalue weighted by Gasteiger charge is 2.48. The lowest BCUT2D eigenvalue weighted by atomic mass is 9.99. The molecule has 2 saturated heterocycles. The highest BCUT2D eigenvalue weighted by Crippen LogP contribution is 2.35. The smallest absolute Gasteiger partial charge is 0.244 e. The van der Waals surface area contributed by atoms with Gasteiger partial charge < -0.3 is 9.64 Å². The first-order chi connectivity index (χ1) is 9.64. The number of carbonyl (C=O) groups is 1. The van der Waals surface area contributed by atoms with E-state index in [0.717, 1.165) is 25.9 Å². The molecule has 0 saturated carbocycles. The highest BCUT2D eigenvalue weighted by molar-refractivity contribution is 7.10. The van der Waals surface area contributed by atoms with Crippen LogP contribution in [0.1, 0.15) is 44.2 Å². The van der Waals surface area contributed by atoms with Crippen molar-refractivity contribution in [1.29, 1.82) is 0 Å². The van der Waals surface area contributed by atoms with Crippen LogP contribution in [0, 0.1) is 0 Å². The number of thiophene rings is 1. The maximum Gasteiger partial charge on any atom is 0.244 e. The Morgan fingerprint density at radius 1 is 1.60 bits per heavy atom. The summed E-state index contributed by atoms with van der Waals surface area (Å²) in [6.45, 7) is 5.59. The Balaban J connectivity index is 1.84. The number of nitrogens with zero attached hydrogens (tertiary/aromatic N) is 1. The first-order valence-corrected chi connectivity index (χ1v) is 8.26. The summed E-state index contributed by atoms with van der Waals surface area (Å²) in [6.07, 6.45) is 3.16. The zero-order chi connectivity index (χ0) is 14.2. The van der Waals surface area contributed by atoms with E-state index in [9.17, 15) is 4.79 Å². The van der Waals surface area contributed by atoms with E-state index in [4.69, 9.17) is 4.74 Å². The molecule has 3 unspecified atom stereocenters. The Morgan fingerprint density at radius 3 is 3.05 bits per heavy atom. The Hall–Kier alpha value is -0.910. The average molecular weight is 294 g/mol. The van der Waals surface area contributed by atoms with Crippen LogP contribution in [-0.4, -0.2) is 35.6 Å². The predicted octanol–water partition coefficient (Wildman–Crippen LogP) is 2.53. The van der Waals surface area contributed by atoms with Crippen molar-refractivity contribution in [3.63, 3.8) is 0 Å². The van der Waals surface area contributed by atoms with Gasteiger partial charge in [0, 0.05) is 18.0 Å². The summed E-state index contributed by atoms with van der Waals surface area (Å²) < 4.78 is 5.71. The molecule has 0 radical (unpaired) electrons. The lowest BCUT2D eigenvalue weighted by molar-refractivity contribution is -0.134. The van der Waals surface area contributed by atoms with E-state index in [1.54, 1.807) is 11.3 Å². The summed E-state index contributed by atoms with van der Waals surface area (Å²) >= 11 is 1.70. The SMILES string of the molecule is CCC1(C)NC(c2cccs2)N(CC2CCCO2)C1=O. The van der Waals surface area contributed by atoms with Crippen LogP contribution >= 0.6 is 11.3 Å². The molecule has 0 spiro atoms. The van der Waals surface area contributed by atoms with Crippen LogP contribution < -0.4 is 5.32 Å². The number of amides is 1. The van der Waals surface area contributed by atoms with Crippen LogP contribution in [-0.2, 0) is 9.53 Å². The van der Waals surface area contributed by atoms with Crippen molar-refractivity contribution in [2.24, 2.45) is 0 Å². The van der Waals surface area contributed by atoms with Crippen molar-refractivity contribution in [3.8, 4) is 0 Å². The molecule has 0 aromatic carbocycles. The van der Waals surface area contributed by atoms with Gasteiger partial charge in [-0.3, -0.25) is 10.1 Å². The molecule has 2 aliphatic heterocycles. The molecule has 3 atom stereocenters. The number of hydrogen-bond donors (Lipinski definition) is 1. The minimum absolute atomic E-state index is 0.00310. The lowest BCUT2D eigenvalue weighted by Gasteiger charge is -2.26. The molecule has 1 aromatic rings. The van der Waals surface area contributed by atoms with Crippen LogP contribution in [0.25, 0.3) is 0 Å². The topological polar surface area (TPSA) is 41.6 Å². The van der Waals surface area contributed by atoms with Crippen molar-refractivity contribution in [1.82, 2.24) is 10.2 Å². The molecular formula is C15H22N2O2S. The van der Waals surface area contributed by atoms with E-state index >= 15 is 0 Å². The summed E-state index contributed by atoms with van der Waals surface area (Å²) in [6, 6.07) is 4.14. The second kappa shape index (κ2) is 5.47. The summed E-state index contributed by atoms with van der Waals surface area (Å²) in [4.78, 5) is 15.9. The summed E-state index contributed by atoms with van der Waals surface area (Å²) in [5, 5.41) is 5.59. The largest absolute Gasteiger partial charge is 0.376 e. The molecule has 20 heavy (non-hydrogen) atoms. The number of hydrogen-bond acceptors (Lipinski definition) is 4. The third kappa shape index (κ3) is 2.38. The normalized spacial score (nSPS) is 34.1. The molecule has 5 heteroatoms. The first kappa shape index (κ1) is 14.0.